The Morgan fingerprint density at radius 2 is 1.44 bits per heavy atom. The lowest BCUT2D eigenvalue weighted by Crippen LogP contribution is -2.53. The highest BCUT2D eigenvalue weighted by atomic mass is 35.5. The van der Waals surface area contributed by atoms with Crippen molar-refractivity contribution in [3.63, 3.8) is 0 Å². The van der Waals surface area contributed by atoms with Gasteiger partial charge >= 0.3 is 0 Å². The van der Waals surface area contributed by atoms with Crippen molar-refractivity contribution in [2.24, 2.45) is 0 Å². The van der Waals surface area contributed by atoms with Crippen LogP contribution in [0.5, 0.6) is 0 Å². The van der Waals surface area contributed by atoms with Gasteiger partial charge in [-0.1, -0.05) is 90.5 Å². The number of rotatable bonds is 11. The lowest BCUT2D eigenvalue weighted by Gasteiger charge is -2.33. The van der Waals surface area contributed by atoms with Crippen LogP contribution < -0.4 is 9.62 Å². The average molecular weight is 594 g/mol. The van der Waals surface area contributed by atoms with Crippen LogP contribution in [0.1, 0.15) is 11.1 Å². The van der Waals surface area contributed by atoms with Crippen LogP contribution >= 0.6 is 11.6 Å². The lowest BCUT2D eigenvalue weighted by molar-refractivity contribution is -0.139. The Morgan fingerprint density at radius 1 is 0.854 bits per heavy atom. The van der Waals surface area contributed by atoms with E-state index in [1.54, 1.807) is 42.5 Å². The van der Waals surface area contributed by atoms with Crippen LogP contribution in [-0.4, -0.2) is 44.8 Å². The number of halogens is 2. The largest absolute Gasteiger partial charge is 0.357 e. The zero-order chi connectivity index (χ0) is 29.4. The molecule has 1 atom stereocenters. The maximum absolute atomic E-state index is 15.1. The van der Waals surface area contributed by atoms with Crippen molar-refractivity contribution >= 4 is 39.1 Å². The second kappa shape index (κ2) is 13.4. The fraction of sp³-hybridized carbons (Fsp3) is 0.161. The van der Waals surface area contributed by atoms with Gasteiger partial charge in [0.25, 0.3) is 10.0 Å². The summed E-state index contributed by atoms with van der Waals surface area (Å²) < 4.78 is 43.4. The van der Waals surface area contributed by atoms with Gasteiger partial charge in [-0.05, 0) is 41.5 Å². The number of amides is 2. The van der Waals surface area contributed by atoms with Crippen molar-refractivity contribution in [1.82, 2.24) is 10.2 Å². The van der Waals surface area contributed by atoms with Crippen LogP contribution in [0.3, 0.4) is 0 Å². The SMILES string of the molecule is CNC(=O)[C@H](Cc1ccccc1)N(Cc1ccccc1Cl)C(=O)CN(c1ccccc1F)S(=O)(=O)c1ccccc1. The number of hydrogen-bond acceptors (Lipinski definition) is 4. The van der Waals surface area contributed by atoms with Gasteiger partial charge in [0.05, 0.1) is 10.6 Å². The summed E-state index contributed by atoms with van der Waals surface area (Å²) in [5.74, 6) is -1.97. The fourth-order valence-electron chi connectivity index (χ4n) is 4.42. The molecule has 10 heteroatoms. The maximum atomic E-state index is 15.1. The van der Waals surface area contributed by atoms with E-state index in [1.165, 1.54) is 42.3 Å². The van der Waals surface area contributed by atoms with Gasteiger partial charge in [-0.15, -0.1) is 0 Å². The van der Waals surface area contributed by atoms with Crippen LogP contribution in [0.4, 0.5) is 10.1 Å². The lowest BCUT2D eigenvalue weighted by atomic mass is 10.0. The van der Waals surface area contributed by atoms with E-state index in [0.717, 1.165) is 15.9 Å². The smallest absolute Gasteiger partial charge is 0.264 e. The number of carbonyl (C=O) groups is 2. The van der Waals surface area contributed by atoms with E-state index in [9.17, 15) is 18.0 Å². The summed E-state index contributed by atoms with van der Waals surface area (Å²) in [5.41, 5.74) is 1.07. The van der Waals surface area contributed by atoms with Gasteiger partial charge in [0.1, 0.15) is 18.4 Å². The molecule has 41 heavy (non-hydrogen) atoms. The molecule has 0 aromatic heterocycles. The predicted octanol–water partition coefficient (Wildman–Crippen LogP) is 5.06. The molecule has 0 saturated carbocycles. The Morgan fingerprint density at radius 3 is 2.07 bits per heavy atom. The van der Waals surface area contributed by atoms with Crippen molar-refractivity contribution in [3.8, 4) is 0 Å². The number of nitrogens with one attached hydrogen (secondary N) is 1. The molecule has 2 amide bonds. The Balaban J connectivity index is 1.80. The molecule has 1 N–H and O–H groups in total. The maximum Gasteiger partial charge on any atom is 0.264 e. The monoisotopic (exact) mass is 593 g/mol. The molecular weight excluding hydrogens is 565 g/mol. The fourth-order valence-corrected chi connectivity index (χ4v) is 6.06. The number of benzene rings is 4. The van der Waals surface area contributed by atoms with Crippen LogP contribution in [0.15, 0.2) is 114 Å². The first-order valence-corrected chi connectivity index (χ1v) is 14.6. The van der Waals surface area contributed by atoms with Gasteiger partial charge < -0.3 is 10.2 Å². The minimum Gasteiger partial charge on any atom is -0.357 e. The van der Waals surface area contributed by atoms with E-state index in [2.05, 4.69) is 5.32 Å². The third-order valence-electron chi connectivity index (χ3n) is 6.55. The first-order valence-electron chi connectivity index (χ1n) is 12.8. The predicted molar refractivity (Wildman–Crippen MR) is 157 cm³/mol. The van der Waals surface area contributed by atoms with E-state index in [4.69, 9.17) is 11.6 Å². The Kier molecular flexibility index (Phi) is 9.75. The molecule has 4 rings (SSSR count). The Bertz CT molecular complexity index is 1600. The summed E-state index contributed by atoms with van der Waals surface area (Å²) in [6.07, 6.45) is 0.155. The normalized spacial score (nSPS) is 11.9. The molecule has 0 bridgehead atoms. The number of carbonyl (C=O) groups excluding carboxylic acids is 2. The highest BCUT2D eigenvalue weighted by Crippen LogP contribution is 2.27. The van der Waals surface area contributed by atoms with Crippen LogP contribution in [0, 0.1) is 5.82 Å². The summed E-state index contributed by atoms with van der Waals surface area (Å²) in [6, 6.07) is 27.8. The number of sulfonamides is 1. The quantitative estimate of drug-likeness (QED) is 0.263. The first-order chi connectivity index (χ1) is 19.7. The van der Waals surface area contributed by atoms with Crippen LogP contribution in [-0.2, 0) is 32.6 Å². The second-order valence-corrected chi connectivity index (χ2v) is 11.5. The molecular formula is C31H29ClFN3O4S. The molecule has 0 unspecified atom stereocenters. The molecule has 0 radical (unpaired) electrons. The van der Waals surface area contributed by atoms with Gasteiger partial charge in [-0.3, -0.25) is 13.9 Å². The van der Waals surface area contributed by atoms with Crippen LogP contribution in [0.25, 0.3) is 0 Å². The van der Waals surface area contributed by atoms with E-state index in [-0.39, 0.29) is 23.5 Å². The molecule has 0 heterocycles. The van der Waals surface area contributed by atoms with E-state index >= 15 is 4.39 Å². The zero-order valence-corrected chi connectivity index (χ0v) is 23.9. The van der Waals surface area contributed by atoms with Crippen molar-refractivity contribution in [1.29, 1.82) is 0 Å². The number of anilines is 1. The van der Waals surface area contributed by atoms with E-state index in [0.29, 0.717) is 10.6 Å². The van der Waals surface area contributed by atoms with Gasteiger partial charge in [0.2, 0.25) is 11.8 Å². The number of hydrogen-bond donors (Lipinski definition) is 1. The third kappa shape index (κ3) is 7.11. The Hall–Kier alpha value is -4.21. The van der Waals surface area contributed by atoms with E-state index < -0.39 is 40.2 Å². The van der Waals surface area contributed by atoms with Crippen molar-refractivity contribution in [2.45, 2.75) is 23.9 Å². The molecule has 0 spiro atoms. The van der Waals surface area contributed by atoms with Crippen molar-refractivity contribution in [3.05, 3.63) is 131 Å². The molecule has 7 nitrogen and oxygen atoms in total. The summed E-state index contributed by atoms with van der Waals surface area (Å²) in [7, 11) is -2.92. The topological polar surface area (TPSA) is 86.8 Å². The van der Waals surface area contributed by atoms with Crippen LogP contribution in [0.2, 0.25) is 5.02 Å². The number of likely N-dealkylation sites (N-methyl/N-ethyl adjacent to an activating group) is 1. The second-order valence-electron chi connectivity index (χ2n) is 9.21. The average Bonchev–Trinajstić information content (AvgIpc) is 2.99. The molecule has 4 aromatic rings. The highest BCUT2D eigenvalue weighted by Gasteiger charge is 2.35. The standard InChI is InChI=1S/C31H29ClFN3O4S/c1-34-31(38)29(20-23-12-4-2-5-13-23)35(21-24-14-8-9-17-26(24)32)30(37)22-36(28-19-11-10-18-27(28)33)41(39,40)25-15-6-3-7-16-25/h2-19,29H,20-22H2,1H3,(H,34,38)/t29-/m0/s1. The number of para-hydroxylation sites is 1. The van der Waals surface area contributed by atoms with Gasteiger partial charge in [-0.25, -0.2) is 12.8 Å². The molecule has 0 aliphatic carbocycles. The molecule has 0 aliphatic rings. The summed E-state index contributed by atoms with van der Waals surface area (Å²) in [6.45, 7) is -0.842. The third-order valence-corrected chi connectivity index (χ3v) is 8.69. The summed E-state index contributed by atoms with van der Waals surface area (Å²) >= 11 is 6.43. The van der Waals surface area contributed by atoms with Crippen molar-refractivity contribution in [2.75, 3.05) is 17.9 Å². The minimum atomic E-state index is -4.38. The summed E-state index contributed by atoms with van der Waals surface area (Å²) in [4.78, 5) is 28.6. The highest BCUT2D eigenvalue weighted by molar-refractivity contribution is 7.92. The molecule has 4 aromatic carbocycles. The van der Waals surface area contributed by atoms with E-state index in [1.807, 2.05) is 30.3 Å². The molecule has 0 fully saturated rings. The van der Waals surface area contributed by atoms with Gasteiger partial charge in [0, 0.05) is 25.0 Å². The van der Waals surface area contributed by atoms with Gasteiger partial charge in [-0.2, -0.15) is 0 Å². The van der Waals surface area contributed by atoms with Gasteiger partial charge in [0.15, 0.2) is 0 Å². The molecule has 212 valence electrons. The zero-order valence-electron chi connectivity index (χ0n) is 22.3. The molecule has 0 aliphatic heterocycles. The first kappa shape index (κ1) is 29.8. The summed E-state index contributed by atoms with van der Waals surface area (Å²) in [5, 5.41) is 2.99. The molecule has 0 saturated heterocycles. The van der Waals surface area contributed by atoms with Crippen molar-refractivity contribution < 1.29 is 22.4 Å². The Labute approximate surface area is 244 Å². The number of nitrogens with zero attached hydrogens (tertiary/aromatic N) is 2. The minimum absolute atomic E-state index is 0.0834.